The van der Waals surface area contributed by atoms with Gasteiger partial charge in [-0.1, -0.05) is 44.2 Å². The fourth-order valence-corrected chi connectivity index (χ4v) is 4.55. The van der Waals surface area contributed by atoms with Crippen LogP contribution in [0.3, 0.4) is 0 Å². The molecule has 2 aliphatic rings. The first-order valence-electron chi connectivity index (χ1n) is 12.0. The molecule has 4 amide bonds. The van der Waals surface area contributed by atoms with Gasteiger partial charge >= 0.3 is 6.03 Å². The van der Waals surface area contributed by atoms with Gasteiger partial charge in [0.25, 0.3) is 0 Å². The van der Waals surface area contributed by atoms with Crippen molar-refractivity contribution in [1.29, 1.82) is 0 Å². The fraction of sp³-hybridized carbons (Fsp3) is 0.600. The predicted molar refractivity (Wildman–Crippen MR) is 128 cm³/mol. The van der Waals surface area contributed by atoms with E-state index in [1.54, 1.807) is 4.90 Å². The van der Waals surface area contributed by atoms with Crippen molar-refractivity contribution in [1.82, 2.24) is 15.1 Å². The Morgan fingerprint density at radius 2 is 1.86 bits per heavy atom. The van der Waals surface area contributed by atoms with E-state index in [9.17, 15) is 19.2 Å². The van der Waals surface area contributed by atoms with Gasteiger partial charge in [-0.05, 0) is 30.2 Å². The van der Waals surface area contributed by atoms with Crippen LogP contribution in [0.2, 0.25) is 0 Å². The summed E-state index contributed by atoms with van der Waals surface area (Å²) in [5.74, 6) is -1.67. The topological polar surface area (TPSA) is 131 Å². The van der Waals surface area contributed by atoms with Crippen LogP contribution in [0.25, 0.3) is 0 Å². The smallest absolute Gasteiger partial charge is 0.318 e. The van der Waals surface area contributed by atoms with Crippen LogP contribution in [-0.2, 0) is 30.3 Å². The van der Waals surface area contributed by atoms with Gasteiger partial charge in [0.2, 0.25) is 11.8 Å². The SMILES string of the molecule is CN(C(=O)[C@H](CC(C)(C)CCc1ccccc1)NC(=O)N1CCOCC1)C1C(=O)COC1C(N)=O. The van der Waals surface area contributed by atoms with Crippen molar-refractivity contribution >= 4 is 23.6 Å². The van der Waals surface area contributed by atoms with Gasteiger partial charge in [-0.3, -0.25) is 14.4 Å². The number of nitrogens with two attached hydrogens (primary N) is 1. The number of aryl methyl sites for hydroxylation is 1. The summed E-state index contributed by atoms with van der Waals surface area (Å²) in [4.78, 5) is 53.7. The van der Waals surface area contributed by atoms with E-state index in [4.69, 9.17) is 15.2 Å². The van der Waals surface area contributed by atoms with Crippen molar-refractivity contribution in [2.45, 2.75) is 51.3 Å². The number of amides is 4. The average Bonchev–Trinajstić information content (AvgIpc) is 3.24. The van der Waals surface area contributed by atoms with Gasteiger partial charge in [-0.25, -0.2) is 4.79 Å². The van der Waals surface area contributed by atoms with Gasteiger partial charge in [0.05, 0.1) is 13.2 Å². The second kappa shape index (κ2) is 11.6. The summed E-state index contributed by atoms with van der Waals surface area (Å²) in [7, 11) is 1.44. The third kappa shape index (κ3) is 7.02. The molecule has 2 aliphatic heterocycles. The Kier molecular flexibility index (Phi) is 8.85. The van der Waals surface area contributed by atoms with E-state index in [1.807, 2.05) is 32.0 Å². The number of benzene rings is 1. The number of urea groups is 1. The van der Waals surface area contributed by atoms with Gasteiger partial charge in [-0.15, -0.1) is 0 Å². The summed E-state index contributed by atoms with van der Waals surface area (Å²) in [6.07, 6.45) is 0.744. The lowest BCUT2D eigenvalue weighted by atomic mass is 9.80. The van der Waals surface area contributed by atoms with Crippen LogP contribution >= 0.6 is 0 Å². The zero-order chi connectivity index (χ0) is 25.6. The Bertz CT molecular complexity index is 916. The highest BCUT2D eigenvalue weighted by atomic mass is 16.5. The molecule has 10 nitrogen and oxygen atoms in total. The number of Topliss-reactive ketones (excluding diaryl/α,β-unsaturated/α-hetero) is 1. The summed E-state index contributed by atoms with van der Waals surface area (Å²) in [6.45, 7) is 5.53. The van der Waals surface area contributed by atoms with Crippen molar-refractivity contribution in [3.63, 3.8) is 0 Å². The summed E-state index contributed by atoms with van der Waals surface area (Å²) in [5.41, 5.74) is 6.28. The van der Waals surface area contributed by atoms with E-state index in [2.05, 4.69) is 17.4 Å². The molecular formula is C25H36N4O6. The molecule has 0 spiro atoms. The number of primary amides is 1. The number of hydrogen-bond acceptors (Lipinski definition) is 6. The molecule has 192 valence electrons. The number of nitrogens with zero attached hydrogens (tertiary/aromatic N) is 2. The lowest BCUT2D eigenvalue weighted by Crippen LogP contribution is -2.58. The van der Waals surface area contributed by atoms with Crippen LogP contribution in [-0.4, -0.2) is 91.6 Å². The Morgan fingerprint density at radius 1 is 1.20 bits per heavy atom. The first kappa shape index (κ1) is 26.6. The molecule has 10 heteroatoms. The molecule has 1 aromatic carbocycles. The molecule has 0 saturated carbocycles. The lowest BCUT2D eigenvalue weighted by molar-refractivity contribution is -0.141. The molecule has 0 radical (unpaired) electrons. The first-order valence-corrected chi connectivity index (χ1v) is 12.0. The number of ether oxygens (including phenoxy) is 2. The number of hydrogen-bond donors (Lipinski definition) is 2. The summed E-state index contributed by atoms with van der Waals surface area (Å²) in [6, 6.07) is 7.68. The van der Waals surface area contributed by atoms with E-state index in [-0.39, 0.29) is 18.1 Å². The minimum Gasteiger partial charge on any atom is -0.378 e. The Labute approximate surface area is 206 Å². The number of carbonyl (C=O) groups is 4. The van der Waals surface area contributed by atoms with Gasteiger partial charge in [0, 0.05) is 20.1 Å². The monoisotopic (exact) mass is 488 g/mol. The van der Waals surface area contributed by atoms with Crippen molar-refractivity contribution < 1.29 is 28.7 Å². The van der Waals surface area contributed by atoms with Crippen molar-refractivity contribution in [2.75, 3.05) is 40.0 Å². The highest BCUT2D eigenvalue weighted by Gasteiger charge is 2.45. The molecule has 0 bridgehead atoms. The van der Waals surface area contributed by atoms with Crippen LogP contribution in [0.5, 0.6) is 0 Å². The molecule has 2 saturated heterocycles. The number of likely N-dealkylation sites (N-methyl/N-ethyl adjacent to an activating group) is 1. The van der Waals surface area contributed by atoms with E-state index in [1.165, 1.54) is 17.5 Å². The molecule has 2 fully saturated rings. The van der Waals surface area contributed by atoms with Crippen LogP contribution in [0.4, 0.5) is 4.79 Å². The summed E-state index contributed by atoms with van der Waals surface area (Å²) >= 11 is 0. The quantitative estimate of drug-likeness (QED) is 0.527. The van der Waals surface area contributed by atoms with Gasteiger partial charge in [0.15, 0.2) is 11.9 Å². The molecule has 2 heterocycles. The number of carbonyl (C=O) groups excluding carboxylic acids is 4. The van der Waals surface area contributed by atoms with E-state index >= 15 is 0 Å². The molecule has 3 N–H and O–H groups in total. The minimum atomic E-state index is -1.21. The van der Waals surface area contributed by atoms with E-state index < -0.39 is 35.8 Å². The number of ketones is 1. The second-order valence-electron chi connectivity index (χ2n) is 9.95. The molecule has 35 heavy (non-hydrogen) atoms. The van der Waals surface area contributed by atoms with Crippen LogP contribution in [0.15, 0.2) is 30.3 Å². The van der Waals surface area contributed by atoms with Gasteiger partial charge < -0.3 is 30.3 Å². The molecule has 1 aromatic rings. The van der Waals surface area contributed by atoms with Gasteiger partial charge in [-0.2, -0.15) is 0 Å². The Morgan fingerprint density at radius 3 is 2.49 bits per heavy atom. The van der Waals surface area contributed by atoms with Crippen molar-refractivity contribution in [3.8, 4) is 0 Å². The second-order valence-corrected chi connectivity index (χ2v) is 9.95. The number of rotatable bonds is 9. The van der Waals surface area contributed by atoms with Crippen LogP contribution < -0.4 is 11.1 Å². The number of morpholine rings is 1. The fourth-order valence-electron chi connectivity index (χ4n) is 4.55. The first-order chi connectivity index (χ1) is 16.6. The lowest BCUT2D eigenvalue weighted by Gasteiger charge is -2.35. The third-order valence-electron chi connectivity index (χ3n) is 6.65. The van der Waals surface area contributed by atoms with Gasteiger partial charge in [0.1, 0.15) is 18.7 Å². The molecule has 2 unspecified atom stereocenters. The maximum Gasteiger partial charge on any atom is 0.318 e. The molecule has 0 aliphatic carbocycles. The average molecular weight is 489 g/mol. The maximum atomic E-state index is 13.6. The highest BCUT2D eigenvalue weighted by Crippen LogP contribution is 2.30. The van der Waals surface area contributed by atoms with Crippen molar-refractivity contribution in [3.05, 3.63) is 35.9 Å². The molecule has 0 aromatic heterocycles. The Balaban J connectivity index is 1.76. The standard InChI is InChI=1S/C25H36N4O6/c1-25(2,10-9-17-7-5-4-6-8-17)15-18(27-24(33)29-11-13-34-14-12-29)23(32)28(3)20-19(30)16-35-21(20)22(26)31/h4-8,18,20-21H,9-16H2,1-3H3,(H2,26,31)(H,27,33)/t18-,20?,21?/m0/s1. The Hall–Kier alpha value is -2.98. The van der Waals surface area contributed by atoms with E-state index in [0.717, 1.165) is 12.8 Å². The minimum absolute atomic E-state index is 0.288. The maximum absolute atomic E-state index is 13.6. The largest absolute Gasteiger partial charge is 0.378 e. The van der Waals surface area contributed by atoms with Crippen LogP contribution in [0.1, 0.15) is 32.3 Å². The van der Waals surface area contributed by atoms with Crippen molar-refractivity contribution in [2.24, 2.45) is 11.1 Å². The zero-order valence-electron chi connectivity index (χ0n) is 20.7. The molecule has 3 atom stereocenters. The zero-order valence-corrected chi connectivity index (χ0v) is 20.7. The normalized spacial score (nSPS) is 21.5. The number of nitrogens with one attached hydrogen (secondary N) is 1. The third-order valence-corrected chi connectivity index (χ3v) is 6.65. The molecule has 3 rings (SSSR count). The van der Waals surface area contributed by atoms with E-state index in [0.29, 0.717) is 32.7 Å². The predicted octanol–water partition coefficient (Wildman–Crippen LogP) is 0.726. The van der Waals surface area contributed by atoms with Crippen LogP contribution in [0, 0.1) is 5.41 Å². The summed E-state index contributed by atoms with van der Waals surface area (Å²) < 4.78 is 10.5. The summed E-state index contributed by atoms with van der Waals surface area (Å²) in [5, 5.41) is 2.88. The molecular weight excluding hydrogens is 452 g/mol. The highest BCUT2D eigenvalue weighted by molar-refractivity contribution is 5.99.